The molecule has 2 heterocycles. The van der Waals surface area contributed by atoms with Crippen molar-refractivity contribution in [2.45, 2.75) is 24.8 Å². The Morgan fingerprint density at radius 1 is 1.50 bits per heavy atom. The van der Waals surface area contributed by atoms with E-state index < -0.39 is 0 Å². The number of carbonyl (C=O) groups excluding carboxylic acids is 1. The number of fused-ring (bicyclic) bond motifs is 2. The van der Waals surface area contributed by atoms with Gasteiger partial charge in [0, 0.05) is 0 Å². The molecule has 0 aromatic carbocycles. The predicted molar refractivity (Wildman–Crippen MR) is 43.7 cm³/mol. The molecule has 1 saturated heterocycles. The average molecular weight is 165 g/mol. The molecule has 64 valence electrons. The van der Waals surface area contributed by atoms with Gasteiger partial charge in [0.2, 0.25) is 5.91 Å². The molecule has 2 aliphatic heterocycles. The van der Waals surface area contributed by atoms with Crippen LogP contribution >= 0.6 is 0 Å². The van der Waals surface area contributed by atoms with Crippen molar-refractivity contribution in [3.8, 4) is 0 Å². The Morgan fingerprint density at radius 3 is 3.08 bits per heavy atom. The molecule has 1 aliphatic carbocycles. The lowest BCUT2D eigenvalue weighted by Gasteiger charge is -2.26. The number of rotatable bonds is 0. The van der Waals surface area contributed by atoms with Crippen LogP contribution in [-0.2, 0) is 4.79 Å². The topological polar surface area (TPSA) is 53.5 Å². The number of piperidine rings is 1. The van der Waals surface area contributed by atoms with E-state index >= 15 is 0 Å². The summed E-state index contributed by atoms with van der Waals surface area (Å²) in [5.74, 6) is 0.173. The summed E-state index contributed by atoms with van der Waals surface area (Å²) >= 11 is 0. The minimum absolute atomic E-state index is 0.0775. The molecular weight excluding hydrogens is 154 g/mol. The van der Waals surface area contributed by atoms with Gasteiger partial charge in [-0.3, -0.25) is 4.79 Å². The molecule has 1 unspecified atom stereocenters. The lowest BCUT2D eigenvalue weighted by molar-refractivity contribution is -0.122. The highest BCUT2D eigenvalue weighted by atomic mass is 16.2. The molecule has 2 N–H and O–H groups in total. The fraction of sp³-hybridized carbons (Fsp3) is 0.750. The number of nitrogens with zero attached hydrogens (tertiary/aromatic N) is 1. The van der Waals surface area contributed by atoms with Gasteiger partial charge >= 0.3 is 0 Å². The molecule has 0 aromatic heterocycles. The zero-order valence-corrected chi connectivity index (χ0v) is 6.76. The summed E-state index contributed by atoms with van der Waals surface area (Å²) in [5.41, 5.74) is 3.76. The Bertz CT molecular complexity index is 280. The second-order valence-corrected chi connectivity index (χ2v) is 3.82. The van der Waals surface area contributed by atoms with E-state index in [2.05, 4.69) is 15.8 Å². The average Bonchev–Trinajstić information content (AvgIpc) is 2.73. The van der Waals surface area contributed by atoms with Gasteiger partial charge < -0.3 is 5.32 Å². The van der Waals surface area contributed by atoms with Crippen molar-refractivity contribution in [2.24, 2.45) is 11.0 Å². The number of hydrogen-bond acceptors (Lipinski definition) is 3. The molecule has 12 heavy (non-hydrogen) atoms. The molecule has 1 atom stereocenters. The van der Waals surface area contributed by atoms with Crippen LogP contribution in [0.2, 0.25) is 0 Å². The number of amides is 1. The van der Waals surface area contributed by atoms with Crippen LogP contribution in [0, 0.1) is 5.92 Å². The van der Waals surface area contributed by atoms with Gasteiger partial charge in [-0.05, 0) is 25.8 Å². The van der Waals surface area contributed by atoms with Crippen molar-refractivity contribution in [3.63, 3.8) is 0 Å². The molecule has 0 bridgehead atoms. The fourth-order valence-corrected chi connectivity index (χ4v) is 2.21. The number of hydrazone groups is 1. The zero-order chi connectivity index (χ0) is 8.18. The molecule has 4 heteroatoms. The monoisotopic (exact) mass is 165 g/mol. The molecule has 1 saturated carbocycles. The smallest absolute Gasteiger partial charge is 0.249 e. The van der Waals surface area contributed by atoms with Gasteiger partial charge in [-0.25, -0.2) is 5.43 Å². The van der Waals surface area contributed by atoms with Crippen molar-refractivity contribution in [3.05, 3.63) is 0 Å². The highest BCUT2D eigenvalue weighted by molar-refractivity contribution is 6.14. The Kier molecular flexibility index (Phi) is 1.03. The SMILES string of the molecule is O=C1NN=C2C1CCNC21CC1. The van der Waals surface area contributed by atoms with Gasteiger partial charge in [0.25, 0.3) is 0 Å². The van der Waals surface area contributed by atoms with E-state index in [4.69, 9.17) is 0 Å². The zero-order valence-electron chi connectivity index (χ0n) is 6.76. The summed E-state index contributed by atoms with van der Waals surface area (Å²) in [7, 11) is 0. The van der Waals surface area contributed by atoms with E-state index in [1.807, 2.05) is 0 Å². The molecule has 3 rings (SSSR count). The Morgan fingerprint density at radius 2 is 2.33 bits per heavy atom. The minimum atomic E-state index is 0.0775. The largest absolute Gasteiger partial charge is 0.306 e. The summed E-state index contributed by atoms with van der Waals surface area (Å²) in [6.45, 7) is 0.955. The van der Waals surface area contributed by atoms with Gasteiger partial charge in [-0.2, -0.15) is 5.10 Å². The van der Waals surface area contributed by atoms with Crippen molar-refractivity contribution in [1.82, 2.24) is 10.7 Å². The summed E-state index contributed by atoms with van der Waals surface area (Å²) in [6, 6.07) is 0. The third-order valence-corrected chi connectivity index (χ3v) is 3.07. The first-order valence-electron chi connectivity index (χ1n) is 4.45. The molecule has 2 fully saturated rings. The van der Waals surface area contributed by atoms with Crippen molar-refractivity contribution in [1.29, 1.82) is 0 Å². The Balaban J connectivity index is 1.98. The normalized spacial score (nSPS) is 35.8. The van der Waals surface area contributed by atoms with Crippen LogP contribution in [0.4, 0.5) is 0 Å². The van der Waals surface area contributed by atoms with Crippen LogP contribution in [0.1, 0.15) is 19.3 Å². The van der Waals surface area contributed by atoms with Gasteiger partial charge in [0.05, 0.1) is 17.2 Å². The lowest BCUT2D eigenvalue weighted by Crippen LogP contribution is -2.49. The first kappa shape index (κ1) is 6.60. The van der Waals surface area contributed by atoms with Crippen LogP contribution in [0.5, 0.6) is 0 Å². The molecule has 1 amide bonds. The van der Waals surface area contributed by atoms with Crippen LogP contribution in [0.3, 0.4) is 0 Å². The maximum Gasteiger partial charge on any atom is 0.249 e. The standard InChI is InChI=1S/C8H11N3O/c12-7-5-1-4-9-8(2-3-8)6(5)10-11-7/h5,9H,1-4H2,(H,11,12). The highest BCUT2D eigenvalue weighted by Gasteiger charge is 2.55. The molecule has 3 aliphatic rings. The summed E-state index contributed by atoms with van der Waals surface area (Å²) in [4.78, 5) is 11.3. The molecule has 1 spiro atoms. The van der Waals surface area contributed by atoms with Crippen molar-refractivity contribution >= 4 is 11.6 Å². The van der Waals surface area contributed by atoms with Gasteiger partial charge in [-0.1, -0.05) is 0 Å². The predicted octanol–water partition coefficient (Wildman–Crippen LogP) is -0.386. The fourth-order valence-electron chi connectivity index (χ4n) is 2.21. The molecular formula is C8H11N3O. The van der Waals surface area contributed by atoms with Gasteiger partial charge in [-0.15, -0.1) is 0 Å². The highest BCUT2D eigenvalue weighted by Crippen LogP contribution is 2.43. The van der Waals surface area contributed by atoms with Crippen LogP contribution in [-0.4, -0.2) is 23.7 Å². The summed E-state index contributed by atoms with van der Waals surface area (Å²) in [6.07, 6.45) is 3.21. The van der Waals surface area contributed by atoms with Crippen molar-refractivity contribution < 1.29 is 4.79 Å². The number of nitrogens with one attached hydrogen (secondary N) is 2. The minimum Gasteiger partial charge on any atom is -0.306 e. The maximum absolute atomic E-state index is 11.3. The van der Waals surface area contributed by atoms with E-state index in [0.29, 0.717) is 0 Å². The molecule has 0 radical (unpaired) electrons. The maximum atomic E-state index is 11.3. The number of carbonyl (C=O) groups is 1. The van der Waals surface area contributed by atoms with Crippen LogP contribution < -0.4 is 10.7 Å². The Labute approximate surface area is 70.4 Å². The third-order valence-electron chi connectivity index (χ3n) is 3.07. The Hall–Kier alpha value is -0.900. The second-order valence-electron chi connectivity index (χ2n) is 3.82. The second kappa shape index (κ2) is 1.88. The quantitative estimate of drug-likeness (QED) is 0.514. The van der Waals surface area contributed by atoms with Crippen molar-refractivity contribution in [2.75, 3.05) is 6.54 Å². The first-order valence-corrected chi connectivity index (χ1v) is 4.45. The summed E-state index contributed by atoms with van der Waals surface area (Å²) < 4.78 is 0. The molecule has 4 nitrogen and oxygen atoms in total. The summed E-state index contributed by atoms with van der Waals surface area (Å²) in [5, 5.41) is 7.55. The van der Waals surface area contributed by atoms with Crippen LogP contribution in [0.25, 0.3) is 0 Å². The van der Waals surface area contributed by atoms with Gasteiger partial charge in [0.15, 0.2) is 0 Å². The van der Waals surface area contributed by atoms with Gasteiger partial charge in [0.1, 0.15) is 0 Å². The van der Waals surface area contributed by atoms with E-state index in [1.165, 1.54) is 0 Å². The number of hydrogen-bond donors (Lipinski definition) is 2. The van der Waals surface area contributed by atoms with E-state index in [0.717, 1.165) is 31.5 Å². The van der Waals surface area contributed by atoms with E-state index in [1.54, 1.807) is 0 Å². The third kappa shape index (κ3) is 0.659. The van der Waals surface area contributed by atoms with Crippen LogP contribution in [0.15, 0.2) is 5.10 Å². The first-order chi connectivity index (χ1) is 5.82. The van der Waals surface area contributed by atoms with E-state index in [-0.39, 0.29) is 17.4 Å². The molecule has 0 aromatic rings. The van der Waals surface area contributed by atoms with E-state index in [9.17, 15) is 4.79 Å². The lowest BCUT2D eigenvalue weighted by atomic mass is 9.89.